The van der Waals surface area contributed by atoms with Crippen LogP contribution < -0.4 is 5.32 Å². The van der Waals surface area contributed by atoms with Gasteiger partial charge in [0, 0.05) is 12.6 Å². The molecule has 0 amide bonds. The molecule has 4 nitrogen and oxygen atoms in total. The van der Waals surface area contributed by atoms with Gasteiger partial charge in [-0.05, 0) is 44.5 Å². The fourth-order valence-corrected chi connectivity index (χ4v) is 2.27. The summed E-state index contributed by atoms with van der Waals surface area (Å²) >= 11 is 0. The van der Waals surface area contributed by atoms with E-state index < -0.39 is 0 Å². The summed E-state index contributed by atoms with van der Waals surface area (Å²) in [6, 6.07) is 2.81. The largest absolute Gasteiger partial charge is 0.462 e. The normalized spacial score (nSPS) is 15.2. The quantitative estimate of drug-likeness (QED) is 0.669. The Bertz CT molecular complexity index is 395. The minimum absolute atomic E-state index is 0.575. The van der Waals surface area contributed by atoms with Crippen molar-refractivity contribution < 1.29 is 9.15 Å². The Morgan fingerprint density at radius 2 is 2.10 bits per heavy atom. The Balaban J connectivity index is 1.68. The molecule has 2 rings (SSSR count). The van der Waals surface area contributed by atoms with E-state index in [0.717, 1.165) is 44.3 Å². The summed E-state index contributed by atoms with van der Waals surface area (Å²) in [5, 5.41) is 3.48. The second kappa shape index (κ2) is 7.81. The van der Waals surface area contributed by atoms with Gasteiger partial charge < -0.3 is 19.4 Å². The summed E-state index contributed by atoms with van der Waals surface area (Å²) in [5.74, 6) is 1.99. The highest BCUT2D eigenvalue weighted by Gasteiger charge is 2.21. The smallest absolute Gasteiger partial charge is 0.130 e. The Kier molecular flexibility index (Phi) is 6.07. The minimum Gasteiger partial charge on any atom is -0.462 e. The van der Waals surface area contributed by atoms with Gasteiger partial charge in [-0.3, -0.25) is 0 Å². The number of likely N-dealkylation sites (N-methyl/N-ethyl adjacent to an activating group) is 1. The molecule has 0 saturated heterocycles. The fourth-order valence-electron chi connectivity index (χ4n) is 2.27. The first-order valence-electron chi connectivity index (χ1n) is 7.84. The molecule has 0 radical (unpaired) electrons. The number of nitrogens with zero attached hydrogens (tertiary/aromatic N) is 1. The molecule has 114 valence electrons. The zero-order valence-electron chi connectivity index (χ0n) is 13.1. The maximum absolute atomic E-state index is 5.85. The lowest BCUT2D eigenvalue weighted by molar-refractivity contribution is 0.0836. The van der Waals surface area contributed by atoms with Gasteiger partial charge in [-0.25, -0.2) is 0 Å². The molecule has 20 heavy (non-hydrogen) atoms. The standard InChI is InChI=1S/C16H28N2O2/c1-4-18(5-2)8-9-19-12-15-10-13(3)16(20-15)11-17-14-6-7-14/h10,14,17H,4-9,11-12H2,1-3H3. The van der Waals surface area contributed by atoms with Crippen LogP contribution in [0.3, 0.4) is 0 Å². The third-order valence-corrected chi connectivity index (χ3v) is 3.89. The van der Waals surface area contributed by atoms with Crippen molar-refractivity contribution in [2.45, 2.75) is 52.8 Å². The molecule has 1 fully saturated rings. The molecule has 0 unspecified atom stereocenters. The molecule has 0 spiro atoms. The summed E-state index contributed by atoms with van der Waals surface area (Å²) < 4.78 is 11.6. The van der Waals surface area contributed by atoms with Crippen LogP contribution in [0.25, 0.3) is 0 Å². The molecule has 4 heteroatoms. The van der Waals surface area contributed by atoms with E-state index in [0.29, 0.717) is 12.6 Å². The van der Waals surface area contributed by atoms with Crippen molar-refractivity contribution in [1.29, 1.82) is 0 Å². The fraction of sp³-hybridized carbons (Fsp3) is 0.750. The second-order valence-corrected chi connectivity index (χ2v) is 5.55. The predicted octanol–water partition coefficient (Wildman–Crippen LogP) is 2.70. The van der Waals surface area contributed by atoms with E-state index in [-0.39, 0.29) is 0 Å². The first kappa shape index (κ1) is 15.5. The summed E-state index contributed by atoms with van der Waals surface area (Å²) in [5.41, 5.74) is 1.22. The van der Waals surface area contributed by atoms with Crippen LogP contribution in [-0.2, 0) is 17.9 Å². The molecule has 1 aromatic rings. The SMILES string of the molecule is CCN(CC)CCOCc1cc(C)c(CNC2CC2)o1. The highest BCUT2D eigenvalue weighted by Crippen LogP contribution is 2.21. The van der Waals surface area contributed by atoms with Crippen molar-refractivity contribution in [3.05, 3.63) is 23.2 Å². The number of hydrogen-bond acceptors (Lipinski definition) is 4. The third-order valence-electron chi connectivity index (χ3n) is 3.89. The molecule has 1 aromatic heterocycles. The van der Waals surface area contributed by atoms with Gasteiger partial charge >= 0.3 is 0 Å². The van der Waals surface area contributed by atoms with Crippen molar-refractivity contribution >= 4 is 0 Å². The van der Waals surface area contributed by atoms with Crippen LogP contribution in [0.4, 0.5) is 0 Å². The van der Waals surface area contributed by atoms with Crippen LogP contribution >= 0.6 is 0 Å². The van der Waals surface area contributed by atoms with Crippen LogP contribution in [-0.4, -0.2) is 37.2 Å². The molecular weight excluding hydrogens is 252 g/mol. The van der Waals surface area contributed by atoms with Gasteiger partial charge in [-0.15, -0.1) is 0 Å². The van der Waals surface area contributed by atoms with Gasteiger partial charge in [0.1, 0.15) is 18.1 Å². The number of ether oxygens (including phenoxy) is 1. The highest BCUT2D eigenvalue weighted by molar-refractivity contribution is 5.19. The summed E-state index contributed by atoms with van der Waals surface area (Å²) in [7, 11) is 0. The van der Waals surface area contributed by atoms with Crippen molar-refractivity contribution in [1.82, 2.24) is 10.2 Å². The second-order valence-electron chi connectivity index (χ2n) is 5.55. The van der Waals surface area contributed by atoms with E-state index in [9.17, 15) is 0 Å². The van der Waals surface area contributed by atoms with E-state index in [2.05, 4.69) is 37.1 Å². The topological polar surface area (TPSA) is 37.6 Å². The molecule has 1 N–H and O–H groups in total. The Morgan fingerprint density at radius 3 is 2.75 bits per heavy atom. The Labute approximate surface area is 122 Å². The molecule has 1 saturated carbocycles. The monoisotopic (exact) mass is 280 g/mol. The maximum atomic E-state index is 5.85. The molecule has 1 aliphatic rings. The molecule has 0 aliphatic heterocycles. The van der Waals surface area contributed by atoms with E-state index >= 15 is 0 Å². The lowest BCUT2D eigenvalue weighted by Crippen LogP contribution is -2.26. The Morgan fingerprint density at radius 1 is 1.35 bits per heavy atom. The van der Waals surface area contributed by atoms with E-state index in [1.54, 1.807) is 0 Å². The molecule has 1 heterocycles. The summed E-state index contributed by atoms with van der Waals surface area (Å²) in [6.45, 7) is 11.8. The average Bonchev–Trinajstić information content (AvgIpc) is 3.21. The van der Waals surface area contributed by atoms with Crippen molar-refractivity contribution in [2.75, 3.05) is 26.2 Å². The number of nitrogens with one attached hydrogen (secondary N) is 1. The molecule has 1 aliphatic carbocycles. The first-order chi connectivity index (χ1) is 9.72. The molecule has 0 bridgehead atoms. The van der Waals surface area contributed by atoms with E-state index in [1.165, 1.54) is 18.4 Å². The minimum atomic E-state index is 0.575. The molecular formula is C16H28N2O2. The number of aryl methyl sites for hydroxylation is 1. The lowest BCUT2D eigenvalue weighted by Gasteiger charge is -2.17. The molecule has 0 atom stereocenters. The Hall–Kier alpha value is -0.840. The van der Waals surface area contributed by atoms with Gasteiger partial charge in [-0.1, -0.05) is 13.8 Å². The van der Waals surface area contributed by atoms with Crippen LogP contribution in [0.2, 0.25) is 0 Å². The average molecular weight is 280 g/mol. The van der Waals surface area contributed by atoms with Crippen LogP contribution in [0.15, 0.2) is 10.5 Å². The van der Waals surface area contributed by atoms with Crippen molar-refractivity contribution in [3.63, 3.8) is 0 Å². The zero-order chi connectivity index (χ0) is 14.4. The van der Waals surface area contributed by atoms with Crippen LogP contribution in [0, 0.1) is 6.92 Å². The van der Waals surface area contributed by atoms with Crippen LogP contribution in [0.1, 0.15) is 43.8 Å². The van der Waals surface area contributed by atoms with Gasteiger partial charge in [0.25, 0.3) is 0 Å². The molecule has 0 aromatic carbocycles. The predicted molar refractivity (Wildman–Crippen MR) is 80.8 cm³/mol. The van der Waals surface area contributed by atoms with Gasteiger partial charge in [0.05, 0.1) is 13.2 Å². The highest BCUT2D eigenvalue weighted by atomic mass is 16.5. The van der Waals surface area contributed by atoms with Crippen molar-refractivity contribution in [3.8, 4) is 0 Å². The zero-order valence-corrected chi connectivity index (χ0v) is 13.1. The number of rotatable bonds is 10. The summed E-state index contributed by atoms with van der Waals surface area (Å²) in [6.07, 6.45) is 2.61. The lowest BCUT2D eigenvalue weighted by atomic mass is 10.2. The van der Waals surface area contributed by atoms with E-state index in [4.69, 9.17) is 9.15 Å². The van der Waals surface area contributed by atoms with Crippen LogP contribution in [0.5, 0.6) is 0 Å². The third kappa shape index (κ3) is 4.93. The van der Waals surface area contributed by atoms with Gasteiger partial charge in [-0.2, -0.15) is 0 Å². The first-order valence-corrected chi connectivity index (χ1v) is 7.84. The van der Waals surface area contributed by atoms with Gasteiger partial charge in [0.15, 0.2) is 0 Å². The number of furan rings is 1. The maximum Gasteiger partial charge on any atom is 0.130 e. The van der Waals surface area contributed by atoms with E-state index in [1.807, 2.05) is 0 Å². The van der Waals surface area contributed by atoms with Crippen molar-refractivity contribution in [2.24, 2.45) is 0 Å². The number of hydrogen-bond donors (Lipinski definition) is 1. The van der Waals surface area contributed by atoms with Gasteiger partial charge in [0.2, 0.25) is 0 Å². The summed E-state index contributed by atoms with van der Waals surface area (Å²) in [4.78, 5) is 2.36.